The second-order valence-electron chi connectivity index (χ2n) is 8.83. The molecule has 0 saturated heterocycles. The van der Waals surface area contributed by atoms with Crippen LogP contribution in [0.2, 0.25) is 0 Å². The number of benzene rings is 2. The van der Waals surface area contributed by atoms with Crippen molar-refractivity contribution in [3.8, 4) is 0 Å². The molecule has 2 aromatic rings. The highest BCUT2D eigenvalue weighted by Crippen LogP contribution is 2.22. The van der Waals surface area contributed by atoms with Crippen LogP contribution < -0.4 is 5.32 Å². The summed E-state index contributed by atoms with van der Waals surface area (Å²) in [5, 5.41) is 2.75. The summed E-state index contributed by atoms with van der Waals surface area (Å²) in [7, 11) is 0. The quantitative estimate of drug-likeness (QED) is 0.538. The summed E-state index contributed by atoms with van der Waals surface area (Å²) in [6, 6.07) is 15.1. The number of hydrogen-bond donors (Lipinski definition) is 1. The van der Waals surface area contributed by atoms with E-state index < -0.39 is 18.1 Å². The number of nitrogens with one attached hydrogen (secondary N) is 1. The number of ether oxygens (including phenoxy) is 1. The SMILES string of the molecule is CC(OC(=O)[C@@H](NC(=O)c1ccc(C(C)(C)C)cc1)C(C)C)C(=O)c1ccccc1. The zero-order valence-electron chi connectivity index (χ0n) is 18.6. The van der Waals surface area contributed by atoms with Crippen molar-refractivity contribution in [2.45, 2.75) is 59.1 Å². The smallest absolute Gasteiger partial charge is 0.329 e. The van der Waals surface area contributed by atoms with Gasteiger partial charge in [0, 0.05) is 11.1 Å². The van der Waals surface area contributed by atoms with E-state index in [1.54, 1.807) is 36.4 Å². The van der Waals surface area contributed by atoms with E-state index in [0.717, 1.165) is 5.56 Å². The number of ketones is 1. The van der Waals surface area contributed by atoms with E-state index in [1.807, 2.05) is 32.0 Å². The largest absolute Gasteiger partial charge is 0.453 e. The van der Waals surface area contributed by atoms with Crippen LogP contribution in [0.15, 0.2) is 54.6 Å². The van der Waals surface area contributed by atoms with Crippen LogP contribution in [-0.4, -0.2) is 29.8 Å². The maximum Gasteiger partial charge on any atom is 0.329 e. The van der Waals surface area contributed by atoms with Crippen molar-refractivity contribution < 1.29 is 19.1 Å². The maximum atomic E-state index is 12.7. The Morgan fingerprint density at radius 2 is 1.40 bits per heavy atom. The third-order valence-electron chi connectivity index (χ3n) is 4.94. The fourth-order valence-corrected chi connectivity index (χ4v) is 2.98. The van der Waals surface area contributed by atoms with Gasteiger partial charge in [0.2, 0.25) is 5.78 Å². The van der Waals surface area contributed by atoms with E-state index in [0.29, 0.717) is 11.1 Å². The van der Waals surface area contributed by atoms with E-state index in [2.05, 4.69) is 26.1 Å². The summed E-state index contributed by atoms with van der Waals surface area (Å²) in [5.74, 6) is -1.46. The van der Waals surface area contributed by atoms with Crippen molar-refractivity contribution >= 4 is 17.7 Å². The monoisotopic (exact) mass is 409 g/mol. The van der Waals surface area contributed by atoms with E-state index in [9.17, 15) is 14.4 Å². The predicted molar refractivity (Wildman–Crippen MR) is 118 cm³/mol. The molecule has 160 valence electrons. The van der Waals surface area contributed by atoms with Crippen LogP contribution in [0.25, 0.3) is 0 Å². The third kappa shape index (κ3) is 6.02. The number of hydrogen-bond acceptors (Lipinski definition) is 4. The van der Waals surface area contributed by atoms with Gasteiger partial charge in [0.25, 0.3) is 5.91 Å². The van der Waals surface area contributed by atoms with Crippen LogP contribution in [0.3, 0.4) is 0 Å². The van der Waals surface area contributed by atoms with Gasteiger partial charge < -0.3 is 10.1 Å². The summed E-state index contributed by atoms with van der Waals surface area (Å²) in [6.07, 6.45) is -0.941. The van der Waals surface area contributed by atoms with E-state index in [4.69, 9.17) is 4.74 Å². The molecule has 0 heterocycles. The molecule has 2 atom stereocenters. The first kappa shape index (κ1) is 23.3. The molecule has 1 amide bonds. The molecular formula is C25H31NO4. The average molecular weight is 410 g/mol. The van der Waals surface area contributed by atoms with Crippen molar-refractivity contribution in [1.82, 2.24) is 5.32 Å². The molecule has 5 heteroatoms. The van der Waals surface area contributed by atoms with Crippen LogP contribution >= 0.6 is 0 Å². The van der Waals surface area contributed by atoms with E-state index in [1.165, 1.54) is 6.92 Å². The Hall–Kier alpha value is -2.95. The van der Waals surface area contributed by atoms with Crippen LogP contribution in [-0.2, 0) is 14.9 Å². The molecule has 0 fully saturated rings. The summed E-state index contributed by atoms with van der Waals surface area (Å²) in [4.78, 5) is 37.8. The Morgan fingerprint density at radius 1 is 0.833 bits per heavy atom. The highest BCUT2D eigenvalue weighted by atomic mass is 16.5. The second-order valence-corrected chi connectivity index (χ2v) is 8.83. The lowest BCUT2D eigenvalue weighted by molar-refractivity contribution is -0.149. The highest BCUT2D eigenvalue weighted by Gasteiger charge is 2.29. The van der Waals surface area contributed by atoms with Crippen molar-refractivity contribution in [3.05, 3.63) is 71.3 Å². The van der Waals surface area contributed by atoms with Gasteiger partial charge >= 0.3 is 5.97 Å². The minimum atomic E-state index is -0.941. The van der Waals surface area contributed by atoms with Gasteiger partial charge in [-0.25, -0.2) is 4.79 Å². The number of Topliss-reactive ketones (excluding diaryl/α,β-unsaturated/α-hetero) is 1. The molecule has 30 heavy (non-hydrogen) atoms. The number of carbonyl (C=O) groups is 3. The number of carbonyl (C=O) groups excluding carboxylic acids is 3. The van der Waals surface area contributed by atoms with Gasteiger partial charge in [-0.15, -0.1) is 0 Å². The van der Waals surface area contributed by atoms with Gasteiger partial charge in [-0.1, -0.05) is 77.1 Å². The molecule has 1 unspecified atom stereocenters. The standard InChI is InChI=1S/C25H31NO4/c1-16(2)21(24(29)30-17(3)22(27)18-10-8-7-9-11-18)26-23(28)19-12-14-20(15-13-19)25(4,5)6/h7-17,21H,1-6H3,(H,26,28)/t17?,21-/m0/s1. The minimum absolute atomic E-state index is 0.0132. The van der Waals surface area contributed by atoms with E-state index >= 15 is 0 Å². The van der Waals surface area contributed by atoms with Crippen LogP contribution in [0.4, 0.5) is 0 Å². The molecule has 2 rings (SSSR count). The minimum Gasteiger partial charge on any atom is -0.453 e. The number of rotatable bonds is 7. The zero-order chi connectivity index (χ0) is 22.5. The van der Waals surface area contributed by atoms with Gasteiger partial charge in [-0.3, -0.25) is 9.59 Å². The van der Waals surface area contributed by atoms with Crippen molar-refractivity contribution in [1.29, 1.82) is 0 Å². The molecular weight excluding hydrogens is 378 g/mol. The Kier molecular flexibility index (Phi) is 7.54. The first-order valence-corrected chi connectivity index (χ1v) is 10.2. The molecule has 0 spiro atoms. The van der Waals surface area contributed by atoms with Crippen LogP contribution in [0.5, 0.6) is 0 Å². The fourth-order valence-electron chi connectivity index (χ4n) is 2.98. The molecule has 2 aromatic carbocycles. The lowest BCUT2D eigenvalue weighted by Crippen LogP contribution is -2.46. The second kappa shape index (κ2) is 9.70. The van der Waals surface area contributed by atoms with Crippen LogP contribution in [0.1, 0.15) is 67.8 Å². The molecule has 0 aliphatic rings. The van der Waals surface area contributed by atoms with Gasteiger partial charge in [0.05, 0.1) is 0 Å². The summed E-state index contributed by atoms with van der Waals surface area (Å²) in [5.41, 5.74) is 2.05. The van der Waals surface area contributed by atoms with Gasteiger partial charge in [-0.05, 0) is 36.0 Å². The average Bonchev–Trinajstić information content (AvgIpc) is 2.70. The molecule has 0 bridgehead atoms. The lowest BCUT2D eigenvalue weighted by Gasteiger charge is -2.23. The Balaban J connectivity index is 2.06. The summed E-state index contributed by atoms with van der Waals surface area (Å²) < 4.78 is 5.39. The van der Waals surface area contributed by atoms with Crippen molar-refractivity contribution in [3.63, 3.8) is 0 Å². The first-order chi connectivity index (χ1) is 14.0. The van der Waals surface area contributed by atoms with Crippen molar-refractivity contribution in [2.24, 2.45) is 5.92 Å². The highest BCUT2D eigenvalue weighted by molar-refractivity contribution is 6.01. The number of esters is 1. The lowest BCUT2D eigenvalue weighted by atomic mass is 9.86. The molecule has 0 aliphatic carbocycles. The van der Waals surface area contributed by atoms with Gasteiger partial charge in [-0.2, -0.15) is 0 Å². The fraction of sp³-hybridized carbons (Fsp3) is 0.400. The summed E-state index contributed by atoms with van der Waals surface area (Å²) in [6.45, 7) is 11.5. The number of amides is 1. The molecule has 1 N–H and O–H groups in total. The summed E-state index contributed by atoms with van der Waals surface area (Å²) >= 11 is 0. The van der Waals surface area contributed by atoms with Crippen LogP contribution in [0, 0.1) is 5.92 Å². The predicted octanol–water partition coefficient (Wildman–Crippen LogP) is 4.55. The van der Waals surface area contributed by atoms with E-state index in [-0.39, 0.29) is 23.0 Å². The zero-order valence-corrected chi connectivity index (χ0v) is 18.6. The molecule has 0 saturated carbocycles. The molecule has 0 aliphatic heterocycles. The molecule has 5 nitrogen and oxygen atoms in total. The van der Waals surface area contributed by atoms with Gasteiger partial charge in [0.15, 0.2) is 6.10 Å². The first-order valence-electron chi connectivity index (χ1n) is 10.2. The molecule has 0 radical (unpaired) electrons. The van der Waals surface area contributed by atoms with Crippen molar-refractivity contribution in [2.75, 3.05) is 0 Å². The topological polar surface area (TPSA) is 72.5 Å². The van der Waals surface area contributed by atoms with Gasteiger partial charge in [0.1, 0.15) is 6.04 Å². The third-order valence-corrected chi connectivity index (χ3v) is 4.94. The normalized spacial score (nSPS) is 13.4. The Bertz CT molecular complexity index is 880. The Labute approximate surface area is 178 Å². The molecule has 0 aromatic heterocycles. The Morgan fingerprint density at radius 3 is 1.90 bits per heavy atom. The maximum absolute atomic E-state index is 12.7.